The van der Waals surface area contributed by atoms with Crippen LogP contribution in [0.2, 0.25) is 5.02 Å². The SMILES string of the molecule is CSC(C)CNS(=O)(=O)c1cc([N+](=O)[O-])c(Cl)cc1C. The summed E-state index contributed by atoms with van der Waals surface area (Å²) in [7, 11) is -3.80. The van der Waals surface area contributed by atoms with Gasteiger partial charge in [-0.3, -0.25) is 10.1 Å². The van der Waals surface area contributed by atoms with Gasteiger partial charge in [0.1, 0.15) is 5.02 Å². The smallest absolute Gasteiger partial charge is 0.258 e. The van der Waals surface area contributed by atoms with E-state index in [-0.39, 0.29) is 21.7 Å². The Bertz CT molecular complexity index is 619. The molecule has 1 aromatic carbocycles. The van der Waals surface area contributed by atoms with E-state index in [1.54, 1.807) is 6.92 Å². The highest BCUT2D eigenvalue weighted by molar-refractivity contribution is 7.99. The normalized spacial score (nSPS) is 13.2. The lowest BCUT2D eigenvalue weighted by molar-refractivity contribution is -0.384. The molecule has 1 unspecified atom stereocenters. The molecule has 0 bridgehead atoms. The first kappa shape index (κ1) is 17.2. The van der Waals surface area contributed by atoms with E-state index in [4.69, 9.17) is 11.6 Å². The Morgan fingerprint density at radius 3 is 2.60 bits per heavy atom. The van der Waals surface area contributed by atoms with Crippen LogP contribution in [-0.2, 0) is 10.0 Å². The van der Waals surface area contributed by atoms with Crippen molar-refractivity contribution in [2.75, 3.05) is 12.8 Å². The van der Waals surface area contributed by atoms with Crippen molar-refractivity contribution < 1.29 is 13.3 Å². The van der Waals surface area contributed by atoms with Crippen LogP contribution in [0.25, 0.3) is 0 Å². The van der Waals surface area contributed by atoms with Crippen molar-refractivity contribution in [1.29, 1.82) is 0 Å². The fraction of sp³-hybridized carbons (Fsp3) is 0.455. The number of nitro groups is 1. The summed E-state index contributed by atoms with van der Waals surface area (Å²) in [4.78, 5) is 10.0. The van der Waals surface area contributed by atoms with Gasteiger partial charge in [-0.15, -0.1) is 0 Å². The zero-order chi connectivity index (χ0) is 15.5. The third-order valence-electron chi connectivity index (χ3n) is 2.69. The van der Waals surface area contributed by atoms with E-state index >= 15 is 0 Å². The van der Waals surface area contributed by atoms with Crippen molar-refractivity contribution in [3.05, 3.63) is 32.8 Å². The lowest BCUT2D eigenvalue weighted by Crippen LogP contribution is -2.30. The Kier molecular flexibility index (Phi) is 5.81. The van der Waals surface area contributed by atoms with Crippen LogP contribution in [0.15, 0.2) is 17.0 Å². The topological polar surface area (TPSA) is 89.3 Å². The van der Waals surface area contributed by atoms with Crippen molar-refractivity contribution >= 4 is 39.1 Å². The van der Waals surface area contributed by atoms with Crippen molar-refractivity contribution in [3.8, 4) is 0 Å². The monoisotopic (exact) mass is 338 g/mol. The van der Waals surface area contributed by atoms with Crippen molar-refractivity contribution in [2.45, 2.75) is 24.0 Å². The summed E-state index contributed by atoms with van der Waals surface area (Å²) in [5.41, 5.74) is -0.0551. The van der Waals surface area contributed by atoms with Crippen LogP contribution < -0.4 is 4.72 Å². The highest BCUT2D eigenvalue weighted by Gasteiger charge is 2.23. The quantitative estimate of drug-likeness (QED) is 0.636. The van der Waals surface area contributed by atoms with Crippen molar-refractivity contribution in [3.63, 3.8) is 0 Å². The van der Waals surface area contributed by atoms with Gasteiger partial charge < -0.3 is 0 Å². The maximum atomic E-state index is 12.2. The molecule has 1 aromatic rings. The summed E-state index contributed by atoms with van der Waals surface area (Å²) in [6.07, 6.45) is 1.87. The number of hydrogen-bond acceptors (Lipinski definition) is 5. The van der Waals surface area contributed by atoms with Crippen molar-refractivity contribution in [2.24, 2.45) is 0 Å². The van der Waals surface area contributed by atoms with Crippen LogP contribution in [0.1, 0.15) is 12.5 Å². The molecule has 6 nitrogen and oxygen atoms in total. The van der Waals surface area contributed by atoms with Crippen LogP contribution in [0.5, 0.6) is 0 Å². The number of sulfonamides is 1. The molecule has 0 aliphatic rings. The van der Waals surface area contributed by atoms with Gasteiger partial charge in [0.2, 0.25) is 10.0 Å². The molecule has 0 saturated heterocycles. The Hall–Kier alpha value is -0.830. The van der Waals surface area contributed by atoms with E-state index in [1.165, 1.54) is 17.8 Å². The van der Waals surface area contributed by atoms with Crippen LogP contribution in [0.4, 0.5) is 5.69 Å². The molecular weight excluding hydrogens is 324 g/mol. The van der Waals surface area contributed by atoms with Gasteiger partial charge in [0.25, 0.3) is 5.69 Å². The minimum Gasteiger partial charge on any atom is -0.258 e. The molecule has 20 heavy (non-hydrogen) atoms. The van der Waals surface area contributed by atoms with Gasteiger partial charge in [0.05, 0.1) is 9.82 Å². The minimum atomic E-state index is -3.80. The van der Waals surface area contributed by atoms with Gasteiger partial charge in [-0.05, 0) is 24.8 Å². The minimum absolute atomic E-state index is 0.0797. The number of nitrogens with zero attached hydrogens (tertiary/aromatic N) is 1. The average molecular weight is 339 g/mol. The second kappa shape index (κ2) is 6.75. The molecule has 112 valence electrons. The number of benzene rings is 1. The Morgan fingerprint density at radius 2 is 2.10 bits per heavy atom. The Labute approximate surface area is 127 Å². The summed E-state index contributed by atoms with van der Waals surface area (Å²) in [5, 5.41) is 10.9. The van der Waals surface area contributed by atoms with Crippen molar-refractivity contribution in [1.82, 2.24) is 4.72 Å². The molecule has 9 heteroatoms. The largest absolute Gasteiger partial charge is 0.289 e. The highest BCUT2D eigenvalue weighted by Crippen LogP contribution is 2.30. The molecule has 1 atom stereocenters. The first-order valence-corrected chi connectivity index (χ1v) is 8.81. The Morgan fingerprint density at radius 1 is 1.50 bits per heavy atom. The van der Waals surface area contributed by atoms with E-state index in [0.29, 0.717) is 5.56 Å². The first-order chi connectivity index (χ1) is 9.19. The molecule has 1 rings (SSSR count). The number of rotatable bonds is 6. The maximum Gasteiger partial charge on any atom is 0.289 e. The van der Waals surface area contributed by atoms with Gasteiger partial charge in [-0.25, -0.2) is 13.1 Å². The van der Waals surface area contributed by atoms with Gasteiger partial charge in [-0.2, -0.15) is 11.8 Å². The molecule has 1 N–H and O–H groups in total. The van der Waals surface area contributed by atoms with E-state index < -0.39 is 20.6 Å². The molecule has 0 spiro atoms. The third kappa shape index (κ3) is 4.08. The number of halogens is 1. The summed E-state index contributed by atoms with van der Waals surface area (Å²) in [6.45, 7) is 3.67. The van der Waals surface area contributed by atoms with E-state index in [1.807, 2.05) is 13.2 Å². The fourth-order valence-corrected chi connectivity index (χ4v) is 3.48. The summed E-state index contributed by atoms with van der Waals surface area (Å²) in [6, 6.07) is 2.27. The Balaban J connectivity index is 3.18. The number of nitro benzene ring substituents is 1. The summed E-state index contributed by atoms with van der Waals surface area (Å²) >= 11 is 7.26. The molecule has 0 fully saturated rings. The number of aryl methyl sites for hydroxylation is 1. The summed E-state index contributed by atoms with van der Waals surface area (Å²) in [5.74, 6) is 0. The maximum absolute atomic E-state index is 12.2. The second-order valence-electron chi connectivity index (χ2n) is 4.22. The van der Waals surface area contributed by atoms with E-state index in [2.05, 4.69) is 4.72 Å². The van der Waals surface area contributed by atoms with Crippen LogP contribution in [0.3, 0.4) is 0 Å². The predicted octanol–water partition coefficient (Wildman–Crippen LogP) is 2.59. The molecule has 0 aliphatic heterocycles. The fourth-order valence-electron chi connectivity index (χ4n) is 1.46. The van der Waals surface area contributed by atoms with Gasteiger partial charge in [0.15, 0.2) is 0 Å². The lowest BCUT2D eigenvalue weighted by Gasteiger charge is -2.12. The van der Waals surface area contributed by atoms with Crippen LogP contribution in [0, 0.1) is 17.0 Å². The third-order valence-corrected chi connectivity index (χ3v) is 5.53. The van der Waals surface area contributed by atoms with Gasteiger partial charge in [-0.1, -0.05) is 18.5 Å². The van der Waals surface area contributed by atoms with Crippen LogP contribution in [-0.4, -0.2) is 31.4 Å². The molecular formula is C11H15ClN2O4S2. The average Bonchev–Trinajstić information content (AvgIpc) is 2.35. The highest BCUT2D eigenvalue weighted by atomic mass is 35.5. The molecule has 0 heterocycles. The van der Waals surface area contributed by atoms with E-state index in [0.717, 1.165) is 6.07 Å². The predicted molar refractivity (Wildman–Crippen MR) is 81.0 cm³/mol. The second-order valence-corrected chi connectivity index (χ2v) is 7.64. The van der Waals surface area contributed by atoms with Gasteiger partial charge >= 0.3 is 0 Å². The molecule has 0 radical (unpaired) electrons. The lowest BCUT2D eigenvalue weighted by atomic mass is 10.2. The molecule has 0 aromatic heterocycles. The molecule has 0 amide bonds. The molecule has 0 aliphatic carbocycles. The number of thioether (sulfide) groups is 1. The number of hydrogen-bond donors (Lipinski definition) is 1. The summed E-state index contributed by atoms with van der Waals surface area (Å²) < 4.78 is 26.8. The van der Waals surface area contributed by atoms with Gasteiger partial charge in [0, 0.05) is 17.9 Å². The number of nitrogens with one attached hydrogen (secondary N) is 1. The van der Waals surface area contributed by atoms with Crippen LogP contribution >= 0.6 is 23.4 Å². The van der Waals surface area contributed by atoms with E-state index in [9.17, 15) is 18.5 Å². The molecule has 0 saturated carbocycles. The zero-order valence-corrected chi connectivity index (χ0v) is 13.6. The first-order valence-electron chi connectivity index (χ1n) is 5.66. The standard InChI is InChI=1S/C11H15ClN2O4S2/c1-7-4-9(12)10(14(15)16)5-11(7)20(17,18)13-6-8(2)19-3/h4-5,8,13H,6H2,1-3H3. The zero-order valence-electron chi connectivity index (χ0n) is 11.2.